The van der Waals surface area contributed by atoms with E-state index in [2.05, 4.69) is 0 Å². The molecule has 0 saturated carbocycles. The van der Waals surface area contributed by atoms with Crippen molar-refractivity contribution in [2.75, 3.05) is 7.05 Å². The summed E-state index contributed by atoms with van der Waals surface area (Å²) in [6.07, 6.45) is 3.45. The summed E-state index contributed by atoms with van der Waals surface area (Å²) in [7, 11) is 0.522. The number of likely N-dealkylation sites (tertiary alicyclic amines) is 1. The number of imide groups is 1. The van der Waals surface area contributed by atoms with E-state index in [9.17, 15) is 24.1 Å². The van der Waals surface area contributed by atoms with E-state index in [0.29, 0.717) is 31.1 Å². The van der Waals surface area contributed by atoms with Crippen LogP contribution in [-0.4, -0.2) is 47.1 Å². The topological polar surface area (TPSA) is 87.1 Å². The minimum Gasteiger partial charge on any atom is -0.505 e. The summed E-state index contributed by atoms with van der Waals surface area (Å²) in [5.41, 5.74) is 4.65. The Balaban J connectivity index is 1.45. The van der Waals surface area contributed by atoms with Gasteiger partial charge in [0.15, 0.2) is 11.6 Å². The number of amides is 2. The molecule has 8 heteroatoms. The van der Waals surface area contributed by atoms with Crippen LogP contribution in [0.25, 0.3) is 11.6 Å². The first kappa shape index (κ1) is 24.5. The summed E-state index contributed by atoms with van der Waals surface area (Å²) in [6.45, 7) is 2.00. The average molecular weight is 489 g/mol. The molecule has 36 heavy (non-hydrogen) atoms. The first-order valence-electron chi connectivity index (χ1n) is 12.3. The molecule has 2 aliphatic heterocycles. The highest BCUT2D eigenvalue weighted by atomic mass is 19.1. The fourth-order valence-corrected chi connectivity index (χ4v) is 6.13. The smallest absolute Gasteiger partial charge is 0.455 e. The highest BCUT2D eigenvalue weighted by Crippen LogP contribution is 2.50. The van der Waals surface area contributed by atoms with Crippen LogP contribution < -0.4 is 0 Å². The van der Waals surface area contributed by atoms with Gasteiger partial charge >= 0.3 is 7.12 Å². The van der Waals surface area contributed by atoms with Gasteiger partial charge in [-0.3, -0.25) is 14.5 Å². The van der Waals surface area contributed by atoms with Crippen LogP contribution in [-0.2, 0) is 14.2 Å². The van der Waals surface area contributed by atoms with Crippen molar-refractivity contribution in [2.45, 2.75) is 38.6 Å². The summed E-state index contributed by atoms with van der Waals surface area (Å²) in [5.74, 6) is -2.45. The van der Waals surface area contributed by atoms with Crippen LogP contribution in [0.1, 0.15) is 37.3 Å². The fraction of sp³-hybridized carbons (Fsp3) is 0.357. The second-order valence-corrected chi connectivity index (χ2v) is 10.0. The van der Waals surface area contributed by atoms with Gasteiger partial charge in [-0.1, -0.05) is 48.0 Å². The van der Waals surface area contributed by atoms with Gasteiger partial charge in [-0.05, 0) is 72.8 Å². The predicted octanol–water partition coefficient (Wildman–Crippen LogP) is 4.30. The van der Waals surface area contributed by atoms with E-state index >= 15 is 0 Å². The number of carbonyl (C=O) groups excluding carboxylic acids is 2. The van der Waals surface area contributed by atoms with Crippen LogP contribution in [0, 0.1) is 23.6 Å². The van der Waals surface area contributed by atoms with Crippen molar-refractivity contribution in [1.82, 2.24) is 4.90 Å². The maximum absolute atomic E-state index is 14.0. The van der Waals surface area contributed by atoms with Crippen LogP contribution in [0.5, 0.6) is 5.75 Å². The Hall–Kier alpha value is -3.23. The van der Waals surface area contributed by atoms with Crippen LogP contribution in [0.15, 0.2) is 59.7 Å². The van der Waals surface area contributed by atoms with Gasteiger partial charge in [0.25, 0.3) is 0 Å². The van der Waals surface area contributed by atoms with Gasteiger partial charge in [0.2, 0.25) is 11.8 Å². The van der Waals surface area contributed by atoms with Crippen molar-refractivity contribution in [1.29, 1.82) is 0 Å². The zero-order valence-corrected chi connectivity index (χ0v) is 20.4. The number of hydrogen-bond donors (Lipinski definition) is 2. The number of hydrogen-bond acceptors (Lipinski definition) is 5. The molecule has 2 fully saturated rings. The van der Waals surface area contributed by atoms with Crippen molar-refractivity contribution >= 4 is 30.6 Å². The zero-order valence-electron chi connectivity index (χ0n) is 20.4. The molecule has 5 rings (SSSR count). The average Bonchev–Trinajstić information content (AvgIpc) is 3.07. The highest BCUT2D eigenvalue weighted by molar-refractivity contribution is 6.43. The second kappa shape index (κ2) is 9.67. The van der Waals surface area contributed by atoms with E-state index in [1.807, 2.05) is 43.3 Å². The number of rotatable bonds is 5. The summed E-state index contributed by atoms with van der Waals surface area (Å²) < 4.78 is 20.0. The molecule has 3 aliphatic rings. The third-order valence-corrected chi connectivity index (χ3v) is 7.81. The summed E-state index contributed by atoms with van der Waals surface area (Å²) in [4.78, 5) is 26.8. The standard InChI is InChI=1S/C28H29BFNO5/c1-16-12-20-26(28(34)31(2)27(20)33)21-15-29(35)36-24(25(16)21)11-9-19(18-6-4-3-5-7-18)13-17-8-10-23(32)22(30)14-17/h3-8,10,13-14,20-21,24,26,32,35H,9,11-12,15H2,1-2H3/b19-13-/t20-,21+,24-,26-/m1/s1. The van der Waals surface area contributed by atoms with Gasteiger partial charge in [0.1, 0.15) is 0 Å². The van der Waals surface area contributed by atoms with Crippen LogP contribution in [0.3, 0.4) is 0 Å². The van der Waals surface area contributed by atoms with Gasteiger partial charge < -0.3 is 14.8 Å². The Kier molecular flexibility index (Phi) is 6.58. The van der Waals surface area contributed by atoms with Crippen molar-refractivity contribution in [3.63, 3.8) is 0 Å². The Morgan fingerprint density at radius 2 is 1.92 bits per heavy atom. The second-order valence-electron chi connectivity index (χ2n) is 10.0. The minimum absolute atomic E-state index is 0.142. The molecule has 186 valence electrons. The molecular formula is C28H29BFNO5. The molecule has 2 saturated heterocycles. The summed E-state index contributed by atoms with van der Waals surface area (Å²) >= 11 is 0. The Morgan fingerprint density at radius 1 is 1.17 bits per heavy atom. The number of fused-ring (bicyclic) bond motifs is 3. The number of allylic oxidation sites excluding steroid dienone is 2. The lowest BCUT2D eigenvalue weighted by Gasteiger charge is -2.42. The van der Waals surface area contributed by atoms with E-state index < -0.39 is 30.7 Å². The van der Waals surface area contributed by atoms with Gasteiger partial charge in [-0.25, -0.2) is 4.39 Å². The van der Waals surface area contributed by atoms with Crippen molar-refractivity contribution in [2.24, 2.45) is 17.8 Å². The SMILES string of the molecule is CC1=C2[C@@H](CC/C(=C/c3ccc(O)c(F)c3)c3ccccc3)OB(O)C[C@@H]2[C@@H]2C(=O)N(C)C(=O)[C@@H]2C1. The molecule has 6 nitrogen and oxygen atoms in total. The number of halogens is 1. The third-order valence-electron chi connectivity index (χ3n) is 7.81. The van der Waals surface area contributed by atoms with Crippen LogP contribution in [0.4, 0.5) is 4.39 Å². The molecule has 2 N–H and O–H groups in total. The maximum Gasteiger partial charge on any atom is 0.455 e. The van der Waals surface area contributed by atoms with Crippen LogP contribution >= 0.6 is 0 Å². The first-order valence-corrected chi connectivity index (χ1v) is 12.3. The highest BCUT2D eigenvalue weighted by Gasteiger charge is 2.55. The Labute approximate surface area is 210 Å². The van der Waals surface area contributed by atoms with E-state index in [1.54, 1.807) is 6.07 Å². The lowest BCUT2D eigenvalue weighted by Crippen LogP contribution is -2.45. The van der Waals surface area contributed by atoms with Gasteiger partial charge in [0, 0.05) is 7.05 Å². The number of benzene rings is 2. The fourth-order valence-electron chi connectivity index (χ4n) is 6.13. The lowest BCUT2D eigenvalue weighted by molar-refractivity contribution is -0.138. The number of carbonyl (C=O) groups is 2. The number of phenols is 1. The first-order chi connectivity index (χ1) is 17.2. The molecular weight excluding hydrogens is 460 g/mol. The van der Waals surface area contributed by atoms with Gasteiger partial charge in [0.05, 0.1) is 17.9 Å². The largest absolute Gasteiger partial charge is 0.505 e. The number of phenolic OH excluding ortho intramolecular Hbond substituents is 1. The van der Waals surface area contributed by atoms with Crippen molar-refractivity contribution in [3.8, 4) is 5.75 Å². The predicted molar refractivity (Wildman–Crippen MR) is 135 cm³/mol. The molecule has 2 heterocycles. The quantitative estimate of drug-likeness (QED) is 0.283. The summed E-state index contributed by atoms with van der Waals surface area (Å²) in [5, 5.41) is 20.1. The van der Waals surface area contributed by atoms with E-state index in [-0.39, 0.29) is 23.7 Å². The molecule has 0 aromatic heterocycles. The molecule has 2 aromatic rings. The number of nitrogens with zero attached hydrogens (tertiary/aromatic N) is 1. The Morgan fingerprint density at radius 3 is 2.64 bits per heavy atom. The lowest BCUT2D eigenvalue weighted by atomic mass is 9.58. The molecule has 0 bridgehead atoms. The third kappa shape index (κ3) is 4.40. The van der Waals surface area contributed by atoms with Crippen molar-refractivity contribution in [3.05, 3.63) is 76.6 Å². The Bertz CT molecular complexity index is 1260. The van der Waals surface area contributed by atoms with Crippen LogP contribution in [0.2, 0.25) is 6.32 Å². The van der Waals surface area contributed by atoms with Crippen molar-refractivity contribution < 1.29 is 28.8 Å². The zero-order chi connectivity index (χ0) is 25.6. The molecule has 2 amide bonds. The summed E-state index contributed by atoms with van der Waals surface area (Å²) in [6, 6.07) is 14.0. The molecule has 0 unspecified atom stereocenters. The minimum atomic E-state index is -1.01. The normalized spacial score (nSPS) is 26.4. The van der Waals surface area contributed by atoms with Gasteiger partial charge in [-0.15, -0.1) is 0 Å². The monoisotopic (exact) mass is 489 g/mol. The maximum atomic E-state index is 14.0. The van der Waals surface area contributed by atoms with E-state index in [0.717, 1.165) is 22.3 Å². The number of aromatic hydroxyl groups is 1. The van der Waals surface area contributed by atoms with E-state index in [4.69, 9.17) is 4.65 Å². The molecule has 1 aliphatic carbocycles. The molecule has 2 aromatic carbocycles. The molecule has 0 radical (unpaired) electrons. The molecule has 4 atom stereocenters. The molecule has 0 spiro atoms. The van der Waals surface area contributed by atoms with E-state index in [1.165, 1.54) is 24.1 Å². The van der Waals surface area contributed by atoms with Gasteiger partial charge in [-0.2, -0.15) is 0 Å².